The SMILES string of the molecule is CCCCC/C=C\CCC[n+]1cccc([C@@H]2CCCN2C)c1. The van der Waals surface area contributed by atoms with Gasteiger partial charge in [-0.3, -0.25) is 4.90 Å². The van der Waals surface area contributed by atoms with E-state index in [4.69, 9.17) is 0 Å². The van der Waals surface area contributed by atoms with Crippen LogP contribution in [0.15, 0.2) is 36.7 Å². The van der Waals surface area contributed by atoms with E-state index < -0.39 is 0 Å². The fourth-order valence-electron chi connectivity index (χ4n) is 3.35. The summed E-state index contributed by atoms with van der Waals surface area (Å²) in [5.41, 5.74) is 1.48. The zero-order valence-electron chi connectivity index (χ0n) is 14.5. The lowest BCUT2D eigenvalue weighted by Gasteiger charge is -2.18. The molecular weight excluding hydrogens is 268 g/mol. The zero-order chi connectivity index (χ0) is 15.6. The number of rotatable bonds is 9. The van der Waals surface area contributed by atoms with Crippen LogP contribution in [0.1, 0.15) is 69.9 Å². The number of aromatic nitrogens is 1. The van der Waals surface area contributed by atoms with Crippen molar-refractivity contribution in [1.29, 1.82) is 0 Å². The van der Waals surface area contributed by atoms with E-state index in [9.17, 15) is 0 Å². The molecule has 0 unspecified atom stereocenters. The third kappa shape index (κ3) is 5.57. The Morgan fingerprint density at radius 1 is 1.23 bits per heavy atom. The monoisotopic (exact) mass is 301 g/mol. The molecule has 1 fully saturated rings. The summed E-state index contributed by atoms with van der Waals surface area (Å²) < 4.78 is 2.37. The Bertz CT molecular complexity index is 453. The molecule has 22 heavy (non-hydrogen) atoms. The summed E-state index contributed by atoms with van der Waals surface area (Å²) >= 11 is 0. The molecule has 0 radical (unpaired) electrons. The Morgan fingerprint density at radius 3 is 2.77 bits per heavy atom. The zero-order valence-corrected chi connectivity index (χ0v) is 14.5. The highest BCUT2D eigenvalue weighted by molar-refractivity contribution is 5.12. The average molecular weight is 301 g/mol. The Morgan fingerprint density at radius 2 is 2.05 bits per heavy atom. The first-order chi connectivity index (χ1) is 10.8. The number of unbranched alkanes of at least 4 members (excludes halogenated alkanes) is 4. The van der Waals surface area contributed by atoms with Gasteiger partial charge in [-0.2, -0.15) is 0 Å². The molecule has 0 saturated carbocycles. The predicted octanol–water partition coefficient (Wildman–Crippen LogP) is 4.66. The van der Waals surface area contributed by atoms with Crippen LogP contribution >= 0.6 is 0 Å². The van der Waals surface area contributed by atoms with E-state index in [-0.39, 0.29) is 0 Å². The average Bonchev–Trinajstić information content (AvgIpc) is 2.96. The fourth-order valence-corrected chi connectivity index (χ4v) is 3.35. The second kappa shape index (κ2) is 9.78. The maximum atomic E-state index is 2.48. The van der Waals surface area contributed by atoms with Crippen LogP contribution in [0, 0.1) is 0 Å². The number of hydrogen-bond acceptors (Lipinski definition) is 1. The Kier molecular flexibility index (Phi) is 7.65. The topological polar surface area (TPSA) is 7.12 Å². The van der Waals surface area contributed by atoms with E-state index in [2.05, 4.69) is 60.1 Å². The molecular formula is C20H33N2+. The number of hydrogen-bond donors (Lipinski definition) is 0. The lowest BCUT2D eigenvalue weighted by Crippen LogP contribution is -2.34. The van der Waals surface area contributed by atoms with Gasteiger partial charge in [0.1, 0.15) is 6.54 Å². The highest BCUT2D eigenvalue weighted by atomic mass is 15.1. The molecule has 1 atom stereocenters. The number of aryl methyl sites for hydroxylation is 1. The van der Waals surface area contributed by atoms with Gasteiger partial charge in [-0.1, -0.05) is 31.9 Å². The smallest absolute Gasteiger partial charge is 0.173 e. The van der Waals surface area contributed by atoms with Gasteiger partial charge in [0.05, 0.1) is 0 Å². The number of likely N-dealkylation sites (tertiary alicyclic amines) is 1. The van der Waals surface area contributed by atoms with Crippen molar-refractivity contribution in [2.75, 3.05) is 13.6 Å². The number of pyridine rings is 1. The standard InChI is InChI=1S/C20H33N2/c1-3-4-5-6-7-8-9-10-16-22-17-11-13-19(18-22)20-14-12-15-21(20)2/h7-8,11,13,17-18,20H,3-6,9-10,12,14-16H2,1-2H3/q+1/b8-7-/t20-/m0/s1. The molecule has 0 aromatic carbocycles. The van der Waals surface area contributed by atoms with E-state index in [1.54, 1.807) is 0 Å². The Balaban J connectivity index is 1.72. The van der Waals surface area contributed by atoms with Gasteiger partial charge in [0.25, 0.3) is 0 Å². The molecule has 0 amide bonds. The van der Waals surface area contributed by atoms with E-state index in [1.807, 2.05) is 0 Å². The Labute approximate surface area is 136 Å². The maximum absolute atomic E-state index is 2.48. The summed E-state index contributed by atoms with van der Waals surface area (Å²) in [4.78, 5) is 2.48. The molecule has 1 aromatic rings. The molecule has 1 saturated heterocycles. The van der Waals surface area contributed by atoms with Gasteiger partial charge in [0, 0.05) is 24.1 Å². The van der Waals surface area contributed by atoms with Gasteiger partial charge < -0.3 is 0 Å². The molecule has 0 aliphatic carbocycles. The summed E-state index contributed by atoms with van der Waals surface area (Å²) in [6.45, 7) is 4.63. The Hall–Kier alpha value is -1.15. The molecule has 1 aliphatic heterocycles. The van der Waals surface area contributed by atoms with Gasteiger partial charge >= 0.3 is 0 Å². The van der Waals surface area contributed by atoms with Gasteiger partial charge in [-0.05, 0) is 51.8 Å². The molecule has 122 valence electrons. The van der Waals surface area contributed by atoms with Gasteiger partial charge in [-0.25, -0.2) is 4.57 Å². The van der Waals surface area contributed by atoms with Crippen molar-refractivity contribution in [3.8, 4) is 0 Å². The molecule has 2 rings (SSSR count). The minimum absolute atomic E-state index is 0.630. The van der Waals surface area contributed by atoms with Crippen LogP contribution in [0.3, 0.4) is 0 Å². The van der Waals surface area contributed by atoms with Crippen molar-refractivity contribution in [2.24, 2.45) is 0 Å². The van der Waals surface area contributed by atoms with E-state index >= 15 is 0 Å². The van der Waals surface area contributed by atoms with Crippen LogP contribution in [0.25, 0.3) is 0 Å². The fraction of sp³-hybridized carbons (Fsp3) is 0.650. The predicted molar refractivity (Wildman–Crippen MR) is 93.8 cm³/mol. The van der Waals surface area contributed by atoms with E-state index in [0.29, 0.717) is 6.04 Å². The molecule has 1 aromatic heterocycles. The van der Waals surface area contributed by atoms with Crippen molar-refractivity contribution >= 4 is 0 Å². The van der Waals surface area contributed by atoms with Crippen molar-refractivity contribution in [3.63, 3.8) is 0 Å². The van der Waals surface area contributed by atoms with Crippen LogP contribution in [0.5, 0.6) is 0 Å². The van der Waals surface area contributed by atoms with Crippen molar-refractivity contribution < 1.29 is 4.57 Å². The second-order valence-electron chi connectivity index (χ2n) is 6.62. The van der Waals surface area contributed by atoms with Gasteiger partial charge in [-0.15, -0.1) is 0 Å². The van der Waals surface area contributed by atoms with E-state index in [1.165, 1.54) is 63.5 Å². The minimum Gasteiger partial charge on any atom is -0.299 e. The van der Waals surface area contributed by atoms with Crippen LogP contribution in [-0.4, -0.2) is 18.5 Å². The van der Waals surface area contributed by atoms with Gasteiger partial charge in [0.2, 0.25) is 0 Å². The quantitative estimate of drug-likeness (QED) is 0.365. The first-order valence-electron chi connectivity index (χ1n) is 9.15. The van der Waals surface area contributed by atoms with Crippen LogP contribution in [0.2, 0.25) is 0 Å². The number of nitrogens with zero attached hydrogens (tertiary/aromatic N) is 2. The first-order valence-corrected chi connectivity index (χ1v) is 9.15. The van der Waals surface area contributed by atoms with Crippen LogP contribution < -0.4 is 4.57 Å². The van der Waals surface area contributed by atoms with Crippen molar-refractivity contribution in [3.05, 3.63) is 42.2 Å². The third-order valence-electron chi connectivity index (χ3n) is 4.71. The van der Waals surface area contributed by atoms with E-state index in [0.717, 1.165) is 6.54 Å². The summed E-state index contributed by atoms with van der Waals surface area (Å²) in [6.07, 6.45) is 19.7. The summed E-state index contributed by atoms with van der Waals surface area (Å²) in [6, 6.07) is 5.13. The van der Waals surface area contributed by atoms with Gasteiger partial charge in [0.15, 0.2) is 12.4 Å². The largest absolute Gasteiger partial charge is 0.299 e. The molecule has 2 nitrogen and oxygen atoms in total. The van der Waals surface area contributed by atoms with Crippen LogP contribution in [-0.2, 0) is 6.54 Å². The lowest BCUT2D eigenvalue weighted by molar-refractivity contribution is -0.697. The second-order valence-corrected chi connectivity index (χ2v) is 6.62. The molecule has 2 heterocycles. The lowest BCUT2D eigenvalue weighted by atomic mass is 10.1. The highest BCUT2D eigenvalue weighted by Gasteiger charge is 2.24. The molecule has 1 aliphatic rings. The number of allylic oxidation sites excluding steroid dienone is 2. The molecule has 0 N–H and O–H groups in total. The van der Waals surface area contributed by atoms with Crippen molar-refractivity contribution in [2.45, 2.75) is 70.9 Å². The summed E-state index contributed by atoms with van der Waals surface area (Å²) in [5, 5.41) is 0. The minimum atomic E-state index is 0.630. The molecule has 0 bridgehead atoms. The normalized spacial score (nSPS) is 19.3. The van der Waals surface area contributed by atoms with Crippen LogP contribution in [0.4, 0.5) is 0 Å². The third-order valence-corrected chi connectivity index (χ3v) is 4.71. The molecule has 2 heteroatoms. The summed E-state index contributed by atoms with van der Waals surface area (Å²) in [5.74, 6) is 0. The highest BCUT2D eigenvalue weighted by Crippen LogP contribution is 2.29. The first kappa shape index (κ1) is 17.2. The maximum Gasteiger partial charge on any atom is 0.173 e. The summed E-state index contributed by atoms with van der Waals surface area (Å²) in [7, 11) is 2.25. The van der Waals surface area contributed by atoms with Crippen molar-refractivity contribution in [1.82, 2.24) is 4.90 Å². The molecule has 0 spiro atoms.